The van der Waals surface area contributed by atoms with E-state index in [9.17, 15) is 15.3 Å². The van der Waals surface area contributed by atoms with Crippen LogP contribution in [0.1, 0.15) is 27.8 Å². The molecule has 0 fully saturated rings. The zero-order valence-electron chi connectivity index (χ0n) is 20.0. The molecule has 0 bridgehead atoms. The van der Waals surface area contributed by atoms with Gasteiger partial charge in [0.15, 0.2) is 17.2 Å². The predicted octanol–water partition coefficient (Wildman–Crippen LogP) is 7.61. The number of phenolic OH excluding ortho intramolecular Hbond substituents is 3. The molecule has 0 unspecified atom stereocenters. The van der Waals surface area contributed by atoms with E-state index in [4.69, 9.17) is 4.74 Å². The molecule has 5 heteroatoms. The first-order chi connectivity index (χ1) is 16.2. The quantitative estimate of drug-likeness (QED) is 0.289. The van der Waals surface area contributed by atoms with Gasteiger partial charge >= 0.3 is 0 Å². The Morgan fingerprint density at radius 2 is 1.09 bits per heavy atom. The van der Waals surface area contributed by atoms with Crippen molar-refractivity contribution in [3.8, 4) is 28.7 Å². The number of ether oxygens (including phenoxy) is 1. The van der Waals surface area contributed by atoms with E-state index in [1.165, 1.54) is 0 Å². The maximum atomic E-state index is 10.6. The molecule has 0 saturated heterocycles. The van der Waals surface area contributed by atoms with E-state index in [2.05, 4.69) is 0 Å². The van der Waals surface area contributed by atoms with Crippen molar-refractivity contribution < 1.29 is 20.1 Å². The lowest BCUT2D eigenvalue weighted by Gasteiger charge is -2.31. The molecule has 0 amide bonds. The second-order valence-electron chi connectivity index (χ2n) is 8.64. The summed E-state index contributed by atoms with van der Waals surface area (Å²) in [7, 11) is 0. The van der Waals surface area contributed by atoms with Crippen LogP contribution in [0.4, 0.5) is 17.1 Å². The Labute approximate surface area is 200 Å². The van der Waals surface area contributed by atoms with Gasteiger partial charge in [-0.1, -0.05) is 24.3 Å². The molecular formula is C29H29NO4. The number of aryl methyl sites for hydroxylation is 3. The summed E-state index contributed by atoms with van der Waals surface area (Å²) in [6.07, 6.45) is 0. The van der Waals surface area contributed by atoms with Crippen LogP contribution in [-0.4, -0.2) is 15.3 Å². The second-order valence-corrected chi connectivity index (χ2v) is 8.64. The van der Waals surface area contributed by atoms with Crippen LogP contribution < -0.4 is 9.64 Å². The number of aromatic hydroxyl groups is 3. The maximum Gasteiger partial charge on any atom is 0.169 e. The smallest absolute Gasteiger partial charge is 0.169 e. The van der Waals surface area contributed by atoms with Crippen molar-refractivity contribution in [1.82, 2.24) is 0 Å². The molecule has 0 spiro atoms. The first kappa shape index (κ1) is 23.1. The molecular weight excluding hydrogens is 426 g/mol. The topological polar surface area (TPSA) is 73.2 Å². The van der Waals surface area contributed by atoms with Crippen LogP contribution in [0.2, 0.25) is 0 Å². The molecule has 0 heterocycles. The Bertz CT molecular complexity index is 1320. The predicted molar refractivity (Wildman–Crippen MR) is 136 cm³/mol. The third-order valence-corrected chi connectivity index (χ3v) is 6.26. The van der Waals surface area contributed by atoms with Crippen LogP contribution in [0.3, 0.4) is 0 Å². The highest BCUT2D eigenvalue weighted by atomic mass is 16.5. The van der Waals surface area contributed by atoms with Crippen LogP contribution >= 0.6 is 0 Å². The molecule has 0 saturated carbocycles. The summed E-state index contributed by atoms with van der Waals surface area (Å²) in [6.45, 7) is 9.71. The fourth-order valence-corrected chi connectivity index (χ4v) is 4.06. The second kappa shape index (κ2) is 9.02. The van der Waals surface area contributed by atoms with Crippen molar-refractivity contribution >= 4 is 17.1 Å². The van der Waals surface area contributed by atoms with E-state index in [-0.39, 0.29) is 17.2 Å². The third kappa shape index (κ3) is 4.25. The first-order valence-corrected chi connectivity index (χ1v) is 11.1. The molecule has 34 heavy (non-hydrogen) atoms. The number of nitrogens with zero attached hydrogens (tertiary/aromatic N) is 1. The Kier molecular flexibility index (Phi) is 6.12. The van der Waals surface area contributed by atoms with E-state index in [0.29, 0.717) is 22.7 Å². The largest absolute Gasteiger partial charge is 0.508 e. The number of anilines is 3. The van der Waals surface area contributed by atoms with Crippen molar-refractivity contribution in [1.29, 1.82) is 0 Å². The minimum absolute atomic E-state index is 0.0811. The van der Waals surface area contributed by atoms with Gasteiger partial charge in [0.05, 0.1) is 17.1 Å². The molecule has 0 atom stereocenters. The van der Waals surface area contributed by atoms with E-state index in [1.54, 1.807) is 30.3 Å². The standard InChI is InChI=1S/C29H29NO4/c1-17-9-8-12-28(29(17)33)34-27-11-7-6-10-24(27)30(25-15-22(31)13-18(2)20(25)4)26-16-23(32)14-19(3)21(26)5/h6-16,31-33H,1-5H3. The minimum atomic E-state index is 0.0811. The number of rotatable bonds is 5. The lowest BCUT2D eigenvalue weighted by atomic mass is 10.0. The van der Waals surface area contributed by atoms with Crippen LogP contribution in [0.15, 0.2) is 66.7 Å². The van der Waals surface area contributed by atoms with Gasteiger partial charge in [0.1, 0.15) is 11.5 Å². The lowest BCUT2D eigenvalue weighted by molar-refractivity contribution is 0.409. The summed E-state index contributed by atoms with van der Waals surface area (Å²) >= 11 is 0. The highest BCUT2D eigenvalue weighted by Crippen LogP contribution is 2.47. The van der Waals surface area contributed by atoms with Gasteiger partial charge in [-0.3, -0.25) is 0 Å². The number of para-hydroxylation sites is 3. The van der Waals surface area contributed by atoms with Gasteiger partial charge in [0.25, 0.3) is 0 Å². The van der Waals surface area contributed by atoms with Crippen molar-refractivity contribution in [2.75, 3.05) is 4.90 Å². The Morgan fingerprint density at radius 3 is 1.68 bits per heavy atom. The molecule has 4 aromatic carbocycles. The SMILES string of the molecule is Cc1cc(O)cc(N(c2ccccc2Oc2cccc(C)c2O)c2cc(O)cc(C)c2C)c1C. The summed E-state index contributed by atoms with van der Waals surface area (Å²) in [5, 5.41) is 31.5. The highest BCUT2D eigenvalue weighted by molar-refractivity contribution is 5.85. The van der Waals surface area contributed by atoms with Gasteiger partial charge in [-0.2, -0.15) is 0 Å². The van der Waals surface area contributed by atoms with Crippen molar-refractivity contribution in [3.63, 3.8) is 0 Å². The molecule has 3 N–H and O–H groups in total. The van der Waals surface area contributed by atoms with Crippen molar-refractivity contribution in [2.45, 2.75) is 34.6 Å². The maximum absolute atomic E-state index is 10.6. The van der Waals surface area contributed by atoms with Gasteiger partial charge in [-0.05, 0) is 92.8 Å². The van der Waals surface area contributed by atoms with Crippen molar-refractivity contribution in [3.05, 3.63) is 94.5 Å². The summed E-state index contributed by atoms with van der Waals surface area (Å²) in [4.78, 5) is 1.98. The minimum Gasteiger partial charge on any atom is -0.508 e. The molecule has 4 aromatic rings. The van der Waals surface area contributed by atoms with Crippen LogP contribution in [0.25, 0.3) is 0 Å². The summed E-state index contributed by atoms with van der Waals surface area (Å²) in [6, 6.07) is 19.8. The monoisotopic (exact) mass is 455 g/mol. The fourth-order valence-electron chi connectivity index (χ4n) is 4.06. The molecule has 0 aliphatic carbocycles. The molecule has 0 aliphatic rings. The Balaban J connectivity index is 2.00. The van der Waals surface area contributed by atoms with Gasteiger partial charge in [0, 0.05) is 12.1 Å². The summed E-state index contributed by atoms with van der Waals surface area (Å²) < 4.78 is 6.23. The molecule has 0 aromatic heterocycles. The molecule has 0 radical (unpaired) electrons. The molecule has 0 aliphatic heterocycles. The van der Waals surface area contributed by atoms with Gasteiger partial charge in [-0.25, -0.2) is 0 Å². The summed E-state index contributed by atoms with van der Waals surface area (Å²) in [5.74, 6) is 1.24. The van der Waals surface area contributed by atoms with Gasteiger partial charge in [0.2, 0.25) is 0 Å². The lowest BCUT2D eigenvalue weighted by Crippen LogP contribution is -2.14. The normalized spacial score (nSPS) is 10.9. The van der Waals surface area contributed by atoms with E-state index < -0.39 is 0 Å². The zero-order valence-corrected chi connectivity index (χ0v) is 20.0. The van der Waals surface area contributed by atoms with Crippen LogP contribution in [-0.2, 0) is 0 Å². The first-order valence-electron chi connectivity index (χ1n) is 11.1. The average molecular weight is 456 g/mol. The average Bonchev–Trinajstić information content (AvgIpc) is 2.79. The number of benzene rings is 4. The molecule has 4 rings (SSSR count). The highest BCUT2D eigenvalue weighted by Gasteiger charge is 2.23. The van der Waals surface area contributed by atoms with E-state index in [0.717, 1.165) is 33.6 Å². The van der Waals surface area contributed by atoms with E-state index >= 15 is 0 Å². The third-order valence-electron chi connectivity index (χ3n) is 6.26. The van der Waals surface area contributed by atoms with Gasteiger partial charge < -0.3 is 25.0 Å². The Morgan fingerprint density at radius 1 is 0.559 bits per heavy atom. The molecule has 5 nitrogen and oxygen atoms in total. The van der Waals surface area contributed by atoms with Crippen LogP contribution in [0.5, 0.6) is 28.7 Å². The number of hydrogen-bond acceptors (Lipinski definition) is 5. The number of hydrogen-bond donors (Lipinski definition) is 3. The number of phenols is 3. The van der Waals surface area contributed by atoms with Crippen molar-refractivity contribution in [2.24, 2.45) is 0 Å². The summed E-state index contributed by atoms with van der Waals surface area (Å²) in [5.41, 5.74) is 6.76. The molecule has 174 valence electrons. The zero-order chi connectivity index (χ0) is 24.6. The van der Waals surface area contributed by atoms with Gasteiger partial charge in [-0.15, -0.1) is 0 Å². The Hall–Kier alpha value is -4.12. The van der Waals surface area contributed by atoms with Crippen LogP contribution in [0, 0.1) is 34.6 Å². The fraction of sp³-hybridized carbons (Fsp3) is 0.172. The van der Waals surface area contributed by atoms with E-state index in [1.807, 2.05) is 75.9 Å².